The van der Waals surface area contributed by atoms with Gasteiger partial charge in [0.25, 0.3) is 0 Å². The molecular formula is C17H19BrFN. The van der Waals surface area contributed by atoms with Crippen molar-refractivity contribution in [3.05, 3.63) is 57.8 Å². The molecule has 106 valence electrons. The van der Waals surface area contributed by atoms with Gasteiger partial charge in [0.2, 0.25) is 0 Å². The van der Waals surface area contributed by atoms with Gasteiger partial charge < -0.3 is 5.32 Å². The van der Waals surface area contributed by atoms with Gasteiger partial charge in [0.1, 0.15) is 5.82 Å². The third-order valence-corrected chi connectivity index (χ3v) is 3.90. The lowest BCUT2D eigenvalue weighted by Crippen LogP contribution is -2.13. The topological polar surface area (TPSA) is 12.0 Å². The van der Waals surface area contributed by atoms with Crippen LogP contribution in [0.4, 0.5) is 4.39 Å². The zero-order chi connectivity index (χ0) is 14.5. The molecule has 0 radical (unpaired) electrons. The molecule has 0 saturated carbocycles. The number of benzene rings is 2. The Morgan fingerprint density at radius 1 is 1.15 bits per heavy atom. The summed E-state index contributed by atoms with van der Waals surface area (Å²) in [5.74, 6) is -0.201. The van der Waals surface area contributed by atoms with E-state index in [1.165, 1.54) is 5.56 Å². The van der Waals surface area contributed by atoms with Crippen molar-refractivity contribution >= 4 is 15.9 Å². The summed E-state index contributed by atoms with van der Waals surface area (Å²) >= 11 is 3.24. The average molecular weight is 336 g/mol. The molecule has 0 unspecified atom stereocenters. The normalized spacial score (nSPS) is 10.8. The second-order valence-corrected chi connectivity index (χ2v) is 5.78. The van der Waals surface area contributed by atoms with Crippen LogP contribution in [0.15, 0.2) is 40.9 Å². The second kappa shape index (κ2) is 7.00. The van der Waals surface area contributed by atoms with Crippen molar-refractivity contribution in [2.75, 3.05) is 6.54 Å². The van der Waals surface area contributed by atoms with Crippen molar-refractivity contribution < 1.29 is 4.39 Å². The molecule has 1 N–H and O–H groups in total. The highest BCUT2D eigenvalue weighted by Gasteiger charge is 2.10. The zero-order valence-corrected chi connectivity index (χ0v) is 13.4. The highest BCUT2D eigenvalue weighted by atomic mass is 79.9. The number of halogens is 2. The first-order chi connectivity index (χ1) is 9.63. The molecule has 20 heavy (non-hydrogen) atoms. The fraction of sp³-hybridized carbons (Fsp3) is 0.294. The van der Waals surface area contributed by atoms with E-state index >= 15 is 0 Å². The Kier molecular flexibility index (Phi) is 5.32. The minimum absolute atomic E-state index is 0.201. The SMILES string of the molecule is CCCNCc1ccc(-c2cccc(Br)c2F)c(C)c1. The highest BCUT2D eigenvalue weighted by Crippen LogP contribution is 2.30. The predicted octanol–water partition coefficient (Wildman–Crippen LogP) is 5.06. The van der Waals surface area contributed by atoms with Gasteiger partial charge in [-0.15, -0.1) is 0 Å². The van der Waals surface area contributed by atoms with Gasteiger partial charge in [-0.1, -0.05) is 37.3 Å². The number of rotatable bonds is 5. The number of hydrogen-bond acceptors (Lipinski definition) is 1. The Hall–Kier alpha value is -1.19. The molecule has 0 aliphatic rings. The number of aryl methyl sites for hydroxylation is 1. The molecule has 2 aromatic rings. The minimum atomic E-state index is -0.201. The van der Waals surface area contributed by atoms with Crippen LogP contribution in [0, 0.1) is 12.7 Å². The third-order valence-electron chi connectivity index (χ3n) is 3.29. The van der Waals surface area contributed by atoms with Gasteiger partial charge in [-0.2, -0.15) is 0 Å². The van der Waals surface area contributed by atoms with Crippen molar-refractivity contribution in [3.8, 4) is 11.1 Å². The quantitative estimate of drug-likeness (QED) is 0.752. The van der Waals surface area contributed by atoms with Crippen LogP contribution in [0.2, 0.25) is 0 Å². The molecule has 1 nitrogen and oxygen atoms in total. The highest BCUT2D eigenvalue weighted by molar-refractivity contribution is 9.10. The summed E-state index contributed by atoms with van der Waals surface area (Å²) in [5.41, 5.74) is 3.92. The summed E-state index contributed by atoms with van der Waals surface area (Å²) in [4.78, 5) is 0. The molecule has 0 atom stereocenters. The lowest BCUT2D eigenvalue weighted by Gasteiger charge is -2.11. The van der Waals surface area contributed by atoms with Gasteiger partial charge in [0, 0.05) is 12.1 Å². The number of nitrogens with one attached hydrogen (secondary N) is 1. The maximum absolute atomic E-state index is 14.2. The van der Waals surface area contributed by atoms with E-state index in [9.17, 15) is 4.39 Å². The first-order valence-electron chi connectivity index (χ1n) is 6.88. The minimum Gasteiger partial charge on any atom is -0.313 e. The van der Waals surface area contributed by atoms with Gasteiger partial charge in [-0.05, 0) is 58.6 Å². The van der Waals surface area contributed by atoms with E-state index in [1.54, 1.807) is 6.07 Å². The molecule has 2 aromatic carbocycles. The first kappa shape index (κ1) is 15.2. The van der Waals surface area contributed by atoms with E-state index in [-0.39, 0.29) is 5.82 Å². The zero-order valence-electron chi connectivity index (χ0n) is 11.8. The molecule has 2 rings (SSSR count). The molecule has 0 spiro atoms. The van der Waals surface area contributed by atoms with Gasteiger partial charge in [0.15, 0.2) is 0 Å². The molecule has 0 bridgehead atoms. The van der Waals surface area contributed by atoms with Crippen LogP contribution in [-0.2, 0) is 6.54 Å². The summed E-state index contributed by atoms with van der Waals surface area (Å²) in [6.07, 6.45) is 1.13. The largest absolute Gasteiger partial charge is 0.313 e. The maximum Gasteiger partial charge on any atom is 0.145 e. The van der Waals surface area contributed by atoms with E-state index in [2.05, 4.69) is 40.3 Å². The molecule has 0 heterocycles. The fourth-order valence-corrected chi connectivity index (χ4v) is 2.63. The molecule has 0 aliphatic carbocycles. The molecule has 0 amide bonds. The predicted molar refractivity (Wildman–Crippen MR) is 86.3 cm³/mol. The van der Waals surface area contributed by atoms with E-state index < -0.39 is 0 Å². The summed E-state index contributed by atoms with van der Waals surface area (Å²) in [7, 11) is 0. The second-order valence-electron chi connectivity index (χ2n) is 4.93. The van der Waals surface area contributed by atoms with Gasteiger partial charge in [0.05, 0.1) is 4.47 Å². The molecular weight excluding hydrogens is 317 g/mol. The third kappa shape index (κ3) is 3.47. The van der Waals surface area contributed by atoms with Crippen LogP contribution in [0.5, 0.6) is 0 Å². The summed E-state index contributed by atoms with van der Waals surface area (Å²) < 4.78 is 14.7. The Bertz CT molecular complexity index is 596. The van der Waals surface area contributed by atoms with Gasteiger partial charge in [-0.25, -0.2) is 4.39 Å². The van der Waals surface area contributed by atoms with Crippen LogP contribution in [-0.4, -0.2) is 6.54 Å². The standard InChI is InChI=1S/C17H19BrFN/c1-3-9-20-11-13-7-8-14(12(2)10-13)15-5-4-6-16(18)17(15)19/h4-8,10,20H,3,9,11H2,1-2H3. The van der Waals surface area contributed by atoms with Crippen LogP contribution in [0.3, 0.4) is 0 Å². The molecule has 0 aromatic heterocycles. The van der Waals surface area contributed by atoms with E-state index in [1.807, 2.05) is 25.1 Å². The lowest BCUT2D eigenvalue weighted by atomic mass is 9.98. The Morgan fingerprint density at radius 2 is 1.95 bits per heavy atom. The van der Waals surface area contributed by atoms with E-state index in [4.69, 9.17) is 0 Å². The monoisotopic (exact) mass is 335 g/mol. The van der Waals surface area contributed by atoms with Crippen LogP contribution < -0.4 is 5.32 Å². The lowest BCUT2D eigenvalue weighted by molar-refractivity contribution is 0.624. The van der Waals surface area contributed by atoms with Crippen LogP contribution in [0.1, 0.15) is 24.5 Å². The van der Waals surface area contributed by atoms with Crippen molar-refractivity contribution in [2.45, 2.75) is 26.8 Å². The average Bonchev–Trinajstić information content (AvgIpc) is 2.43. The Labute approximate surface area is 128 Å². The number of hydrogen-bond donors (Lipinski definition) is 1. The maximum atomic E-state index is 14.2. The van der Waals surface area contributed by atoms with Crippen molar-refractivity contribution in [1.82, 2.24) is 5.32 Å². The van der Waals surface area contributed by atoms with E-state index in [0.29, 0.717) is 10.0 Å². The molecule has 0 aliphatic heterocycles. The van der Waals surface area contributed by atoms with Crippen molar-refractivity contribution in [3.63, 3.8) is 0 Å². The summed E-state index contributed by atoms with van der Waals surface area (Å²) in [6.45, 7) is 6.05. The van der Waals surface area contributed by atoms with E-state index in [0.717, 1.165) is 30.6 Å². The summed E-state index contributed by atoms with van der Waals surface area (Å²) in [6, 6.07) is 11.6. The summed E-state index contributed by atoms with van der Waals surface area (Å²) in [5, 5.41) is 3.38. The smallest absolute Gasteiger partial charge is 0.145 e. The molecule has 0 fully saturated rings. The Morgan fingerprint density at radius 3 is 2.65 bits per heavy atom. The fourth-order valence-electron chi connectivity index (χ4n) is 2.26. The molecule has 3 heteroatoms. The molecule has 0 saturated heterocycles. The first-order valence-corrected chi connectivity index (χ1v) is 7.67. The van der Waals surface area contributed by atoms with Crippen LogP contribution >= 0.6 is 15.9 Å². The van der Waals surface area contributed by atoms with Crippen molar-refractivity contribution in [2.24, 2.45) is 0 Å². The van der Waals surface area contributed by atoms with Gasteiger partial charge in [-0.3, -0.25) is 0 Å². The van der Waals surface area contributed by atoms with Gasteiger partial charge >= 0.3 is 0 Å². The Balaban J connectivity index is 2.27. The van der Waals surface area contributed by atoms with Crippen LogP contribution in [0.25, 0.3) is 11.1 Å². The van der Waals surface area contributed by atoms with Crippen molar-refractivity contribution in [1.29, 1.82) is 0 Å².